The fourth-order valence-electron chi connectivity index (χ4n) is 1.78. The molecule has 0 radical (unpaired) electrons. The third kappa shape index (κ3) is 4.47. The van der Waals surface area contributed by atoms with E-state index in [1.54, 1.807) is 7.11 Å². The summed E-state index contributed by atoms with van der Waals surface area (Å²) in [6, 6.07) is 0. The van der Waals surface area contributed by atoms with Crippen molar-refractivity contribution in [2.24, 2.45) is 0 Å². The smallest absolute Gasteiger partial charge is 0.248 e. The maximum absolute atomic E-state index is 11.5. The number of methoxy groups -OCH3 is 1. The second kappa shape index (κ2) is 6.83. The molecule has 94 valence electrons. The molecule has 1 amide bonds. The van der Waals surface area contributed by atoms with Crippen LogP contribution >= 0.6 is 0 Å². The van der Waals surface area contributed by atoms with Crippen molar-refractivity contribution < 1.29 is 9.53 Å². The number of hydrogen-bond acceptors (Lipinski definition) is 4. The van der Waals surface area contributed by atoms with Crippen LogP contribution in [0.15, 0.2) is 0 Å². The van der Waals surface area contributed by atoms with Gasteiger partial charge in [-0.05, 0) is 14.1 Å². The first-order chi connectivity index (χ1) is 7.63. The van der Waals surface area contributed by atoms with Gasteiger partial charge in [-0.1, -0.05) is 0 Å². The van der Waals surface area contributed by atoms with Crippen molar-refractivity contribution in [3.63, 3.8) is 0 Å². The fourth-order valence-corrected chi connectivity index (χ4v) is 1.78. The summed E-state index contributed by atoms with van der Waals surface area (Å²) in [5.74, 6) is 0.106. The molecule has 1 aliphatic rings. The summed E-state index contributed by atoms with van der Waals surface area (Å²) in [6.45, 7) is 5.97. The van der Waals surface area contributed by atoms with Gasteiger partial charge in [0.05, 0.1) is 0 Å². The maximum atomic E-state index is 11.5. The number of hydrogen-bond donors (Lipinski definition) is 0. The second-order valence-corrected chi connectivity index (χ2v) is 4.46. The molecular formula is C11H23N3O2. The van der Waals surface area contributed by atoms with E-state index in [1.807, 2.05) is 4.90 Å². The van der Waals surface area contributed by atoms with Gasteiger partial charge in [0, 0.05) is 46.4 Å². The highest BCUT2D eigenvalue weighted by molar-refractivity contribution is 5.77. The Labute approximate surface area is 97.9 Å². The van der Waals surface area contributed by atoms with Crippen molar-refractivity contribution in [1.29, 1.82) is 0 Å². The van der Waals surface area contributed by atoms with E-state index in [4.69, 9.17) is 4.74 Å². The van der Waals surface area contributed by atoms with Crippen LogP contribution in [0.5, 0.6) is 0 Å². The van der Waals surface area contributed by atoms with Gasteiger partial charge in [-0.25, -0.2) is 0 Å². The molecule has 5 nitrogen and oxygen atoms in total. The Morgan fingerprint density at radius 1 is 1.25 bits per heavy atom. The van der Waals surface area contributed by atoms with Crippen molar-refractivity contribution >= 4 is 5.91 Å². The lowest BCUT2D eigenvalue weighted by atomic mass is 10.3. The zero-order valence-electron chi connectivity index (χ0n) is 10.6. The number of carbonyl (C=O) groups excluding carboxylic acids is 1. The molecule has 0 aliphatic carbocycles. The fraction of sp³-hybridized carbons (Fsp3) is 0.909. The lowest BCUT2D eigenvalue weighted by molar-refractivity contribution is -0.136. The first-order valence-electron chi connectivity index (χ1n) is 5.77. The van der Waals surface area contributed by atoms with Gasteiger partial charge >= 0.3 is 0 Å². The van der Waals surface area contributed by atoms with E-state index in [0.717, 1.165) is 39.3 Å². The molecule has 1 fully saturated rings. The molecule has 0 spiro atoms. The summed E-state index contributed by atoms with van der Waals surface area (Å²) in [5.41, 5.74) is 0. The average molecular weight is 229 g/mol. The summed E-state index contributed by atoms with van der Waals surface area (Å²) in [6.07, 6.45) is 0. The van der Waals surface area contributed by atoms with Crippen molar-refractivity contribution in [1.82, 2.24) is 14.7 Å². The van der Waals surface area contributed by atoms with E-state index in [9.17, 15) is 4.79 Å². The van der Waals surface area contributed by atoms with E-state index in [-0.39, 0.29) is 12.5 Å². The molecule has 0 bridgehead atoms. The monoisotopic (exact) mass is 229 g/mol. The zero-order valence-corrected chi connectivity index (χ0v) is 10.6. The topological polar surface area (TPSA) is 36.0 Å². The van der Waals surface area contributed by atoms with Crippen LogP contribution in [0.25, 0.3) is 0 Å². The summed E-state index contributed by atoms with van der Waals surface area (Å²) >= 11 is 0. The van der Waals surface area contributed by atoms with Crippen molar-refractivity contribution in [2.75, 3.05) is 67.1 Å². The molecule has 0 aromatic heterocycles. The third-order valence-electron chi connectivity index (χ3n) is 2.86. The van der Waals surface area contributed by atoms with Gasteiger partial charge in [-0.3, -0.25) is 9.69 Å². The Morgan fingerprint density at radius 2 is 1.88 bits per heavy atom. The number of ether oxygens (including phenoxy) is 1. The van der Waals surface area contributed by atoms with E-state index < -0.39 is 0 Å². The number of carbonyl (C=O) groups is 1. The first kappa shape index (κ1) is 13.4. The van der Waals surface area contributed by atoms with Crippen molar-refractivity contribution in [3.8, 4) is 0 Å². The van der Waals surface area contributed by atoms with Crippen LogP contribution in [-0.4, -0.2) is 87.7 Å². The molecule has 1 rings (SSSR count). The van der Waals surface area contributed by atoms with E-state index in [2.05, 4.69) is 23.9 Å². The lowest BCUT2D eigenvalue weighted by Gasteiger charge is -2.35. The second-order valence-electron chi connectivity index (χ2n) is 4.46. The van der Waals surface area contributed by atoms with Crippen LogP contribution in [0.1, 0.15) is 0 Å². The Kier molecular flexibility index (Phi) is 5.73. The first-order valence-corrected chi connectivity index (χ1v) is 5.77. The molecule has 5 heteroatoms. The Hall–Kier alpha value is -0.650. The van der Waals surface area contributed by atoms with Gasteiger partial charge in [0.25, 0.3) is 0 Å². The quantitative estimate of drug-likeness (QED) is 0.627. The Morgan fingerprint density at radius 3 is 2.38 bits per heavy atom. The van der Waals surface area contributed by atoms with Gasteiger partial charge in [0.15, 0.2) is 0 Å². The predicted molar refractivity (Wildman–Crippen MR) is 63.5 cm³/mol. The molecule has 1 saturated heterocycles. The summed E-state index contributed by atoms with van der Waals surface area (Å²) < 4.78 is 4.85. The maximum Gasteiger partial charge on any atom is 0.248 e. The molecule has 0 atom stereocenters. The van der Waals surface area contributed by atoms with Crippen LogP contribution in [0.4, 0.5) is 0 Å². The van der Waals surface area contributed by atoms with Gasteiger partial charge in [-0.2, -0.15) is 0 Å². The van der Waals surface area contributed by atoms with Gasteiger partial charge in [0.1, 0.15) is 6.61 Å². The summed E-state index contributed by atoms with van der Waals surface area (Å²) in [7, 11) is 5.72. The van der Waals surface area contributed by atoms with Crippen LogP contribution in [0, 0.1) is 0 Å². The van der Waals surface area contributed by atoms with Gasteiger partial charge < -0.3 is 14.5 Å². The summed E-state index contributed by atoms with van der Waals surface area (Å²) in [4.78, 5) is 18.0. The number of piperazine rings is 1. The number of rotatable bonds is 5. The molecule has 0 aromatic rings. The summed E-state index contributed by atoms with van der Waals surface area (Å²) in [5, 5.41) is 0. The molecular weight excluding hydrogens is 206 g/mol. The number of nitrogens with zero attached hydrogens (tertiary/aromatic N) is 3. The Balaban J connectivity index is 2.20. The minimum Gasteiger partial charge on any atom is -0.375 e. The molecule has 0 aromatic carbocycles. The lowest BCUT2D eigenvalue weighted by Crippen LogP contribution is -2.50. The van der Waals surface area contributed by atoms with Crippen molar-refractivity contribution in [2.45, 2.75) is 0 Å². The molecule has 16 heavy (non-hydrogen) atoms. The largest absolute Gasteiger partial charge is 0.375 e. The standard InChI is InChI=1S/C11H23N3O2/c1-12(2)4-5-13-6-8-14(9-7-13)11(15)10-16-3/h4-10H2,1-3H3. The van der Waals surface area contributed by atoms with Crippen LogP contribution < -0.4 is 0 Å². The number of amides is 1. The molecule has 1 aliphatic heterocycles. The van der Waals surface area contributed by atoms with Crippen molar-refractivity contribution in [3.05, 3.63) is 0 Å². The predicted octanol–water partition coefficient (Wildman–Crippen LogP) is -0.661. The SMILES string of the molecule is COCC(=O)N1CCN(CCN(C)C)CC1. The Bertz CT molecular complexity index is 213. The minimum atomic E-state index is 0.106. The van der Waals surface area contributed by atoms with Gasteiger partial charge in [0.2, 0.25) is 5.91 Å². The van der Waals surface area contributed by atoms with Gasteiger partial charge in [-0.15, -0.1) is 0 Å². The molecule has 1 heterocycles. The highest BCUT2D eigenvalue weighted by Crippen LogP contribution is 2.02. The number of likely N-dealkylation sites (N-methyl/N-ethyl adjacent to an activating group) is 1. The van der Waals surface area contributed by atoms with Crippen LogP contribution in [0.3, 0.4) is 0 Å². The van der Waals surface area contributed by atoms with E-state index in [1.165, 1.54) is 0 Å². The zero-order chi connectivity index (χ0) is 12.0. The van der Waals surface area contributed by atoms with E-state index >= 15 is 0 Å². The molecule has 0 N–H and O–H groups in total. The highest BCUT2D eigenvalue weighted by atomic mass is 16.5. The average Bonchev–Trinajstić information content (AvgIpc) is 2.27. The van der Waals surface area contributed by atoms with Crippen LogP contribution in [0.2, 0.25) is 0 Å². The third-order valence-corrected chi connectivity index (χ3v) is 2.86. The molecule has 0 saturated carbocycles. The minimum absolute atomic E-state index is 0.106. The normalized spacial score (nSPS) is 18.1. The van der Waals surface area contributed by atoms with Crippen LogP contribution in [-0.2, 0) is 9.53 Å². The molecule has 0 unspecified atom stereocenters. The highest BCUT2D eigenvalue weighted by Gasteiger charge is 2.20. The van der Waals surface area contributed by atoms with E-state index in [0.29, 0.717) is 0 Å².